The number of carbonyl (C=O) groups excluding carboxylic acids is 1. The quantitative estimate of drug-likeness (QED) is 0.790. The highest BCUT2D eigenvalue weighted by Crippen LogP contribution is 2.19. The SMILES string of the molecule is COC(=O)CN(c1ccccc1)C1CCNC1. The molecule has 0 amide bonds. The highest BCUT2D eigenvalue weighted by atomic mass is 16.5. The first-order valence-electron chi connectivity index (χ1n) is 5.90. The molecule has 1 N–H and O–H groups in total. The van der Waals surface area contributed by atoms with E-state index in [1.807, 2.05) is 30.3 Å². The molecule has 1 aromatic rings. The van der Waals surface area contributed by atoms with Crippen molar-refractivity contribution in [2.45, 2.75) is 12.5 Å². The van der Waals surface area contributed by atoms with E-state index in [4.69, 9.17) is 4.74 Å². The Bertz CT molecular complexity index is 361. The molecule has 1 aromatic carbocycles. The van der Waals surface area contributed by atoms with Crippen LogP contribution >= 0.6 is 0 Å². The van der Waals surface area contributed by atoms with E-state index in [9.17, 15) is 4.79 Å². The lowest BCUT2D eigenvalue weighted by molar-refractivity contribution is -0.139. The molecule has 0 aromatic heterocycles. The first-order valence-corrected chi connectivity index (χ1v) is 5.90. The largest absolute Gasteiger partial charge is 0.468 e. The van der Waals surface area contributed by atoms with E-state index in [2.05, 4.69) is 10.2 Å². The molecule has 1 heterocycles. The van der Waals surface area contributed by atoms with E-state index in [-0.39, 0.29) is 5.97 Å². The molecule has 1 unspecified atom stereocenters. The third-order valence-corrected chi connectivity index (χ3v) is 3.09. The molecule has 0 spiro atoms. The topological polar surface area (TPSA) is 41.6 Å². The van der Waals surface area contributed by atoms with Gasteiger partial charge in [-0.15, -0.1) is 0 Å². The number of anilines is 1. The van der Waals surface area contributed by atoms with E-state index < -0.39 is 0 Å². The third-order valence-electron chi connectivity index (χ3n) is 3.09. The van der Waals surface area contributed by atoms with E-state index >= 15 is 0 Å². The molecule has 0 bridgehead atoms. The maximum atomic E-state index is 11.5. The van der Waals surface area contributed by atoms with Crippen molar-refractivity contribution < 1.29 is 9.53 Å². The fraction of sp³-hybridized carbons (Fsp3) is 0.462. The van der Waals surface area contributed by atoms with Crippen molar-refractivity contribution in [3.05, 3.63) is 30.3 Å². The molecule has 4 nitrogen and oxygen atoms in total. The summed E-state index contributed by atoms with van der Waals surface area (Å²) in [5.74, 6) is -0.194. The molecule has 0 radical (unpaired) electrons. The number of hydrogen-bond donors (Lipinski definition) is 1. The number of methoxy groups -OCH3 is 1. The number of carbonyl (C=O) groups is 1. The summed E-state index contributed by atoms with van der Waals surface area (Å²) in [6, 6.07) is 10.4. The molecule has 1 saturated heterocycles. The van der Waals surface area contributed by atoms with Crippen LogP contribution in [0.1, 0.15) is 6.42 Å². The van der Waals surface area contributed by atoms with Crippen molar-refractivity contribution in [3.63, 3.8) is 0 Å². The Morgan fingerprint density at radius 3 is 2.82 bits per heavy atom. The number of nitrogens with zero attached hydrogens (tertiary/aromatic N) is 1. The third kappa shape index (κ3) is 2.97. The summed E-state index contributed by atoms with van der Waals surface area (Å²) in [4.78, 5) is 13.6. The summed E-state index contributed by atoms with van der Waals surface area (Å²) in [6.45, 7) is 2.24. The number of para-hydroxylation sites is 1. The zero-order chi connectivity index (χ0) is 12.1. The number of benzene rings is 1. The van der Waals surface area contributed by atoms with E-state index in [1.54, 1.807) is 0 Å². The predicted molar refractivity (Wildman–Crippen MR) is 67.1 cm³/mol. The molecule has 92 valence electrons. The van der Waals surface area contributed by atoms with Crippen LogP contribution in [0.2, 0.25) is 0 Å². The van der Waals surface area contributed by atoms with Gasteiger partial charge in [-0.1, -0.05) is 18.2 Å². The lowest BCUT2D eigenvalue weighted by atomic mass is 10.2. The van der Waals surface area contributed by atoms with Crippen LogP contribution in [0.5, 0.6) is 0 Å². The van der Waals surface area contributed by atoms with Gasteiger partial charge >= 0.3 is 5.97 Å². The summed E-state index contributed by atoms with van der Waals surface area (Å²) >= 11 is 0. The van der Waals surface area contributed by atoms with Crippen LogP contribution in [0.25, 0.3) is 0 Å². The van der Waals surface area contributed by atoms with Crippen LogP contribution < -0.4 is 10.2 Å². The van der Waals surface area contributed by atoms with Crippen molar-refractivity contribution in [3.8, 4) is 0 Å². The number of ether oxygens (including phenoxy) is 1. The summed E-state index contributed by atoms with van der Waals surface area (Å²) in [6.07, 6.45) is 1.06. The highest BCUT2D eigenvalue weighted by molar-refractivity contribution is 5.76. The average molecular weight is 234 g/mol. The zero-order valence-corrected chi connectivity index (χ0v) is 10.1. The van der Waals surface area contributed by atoms with E-state index in [1.165, 1.54) is 7.11 Å². The maximum absolute atomic E-state index is 11.5. The van der Waals surface area contributed by atoms with Crippen LogP contribution in [0.3, 0.4) is 0 Å². The number of esters is 1. The molecule has 4 heteroatoms. The van der Waals surface area contributed by atoms with Crippen molar-refractivity contribution in [1.29, 1.82) is 0 Å². The Kier molecular flexibility index (Phi) is 3.98. The van der Waals surface area contributed by atoms with Gasteiger partial charge in [-0.25, -0.2) is 0 Å². The zero-order valence-electron chi connectivity index (χ0n) is 10.1. The number of rotatable bonds is 4. The molecule has 17 heavy (non-hydrogen) atoms. The molecular formula is C13H18N2O2. The molecule has 0 aliphatic carbocycles. The molecule has 1 aliphatic rings. The van der Waals surface area contributed by atoms with Gasteiger partial charge in [0.25, 0.3) is 0 Å². The van der Waals surface area contributed by atoms with E-state index in [0.29, 0.717) is 12.6 Å². The summed E-state index contributed by atoms with van der Waals surface area (Å²) in [5.41, 5.74) is 1.08. The monoisotopic (exact) mass is 234 g/mol. The van der Waals surface area contributed by atoms with Crippen LogP contribution in [-0.2, 0) is 9.53 Å². The van der Waals surface area contributed by atoms with Gasteiger partial charge in [0.1, 0.15) is 6.54 Å². The van der Waals surface area contributed by atoms with Gasteiger partial charge < -0.3 is 15.0 Å². The van der Waals surface area contributed by atoms with Gasteiger partial charge in [-0.2, -0.15) is 0 Å². The van der Waals surface area contributed by atoms with Crippen LogP contribution in [-0.4, -0.2) is 38.8 Å². The van der Waals surface area contributed by atoms with Gasteiger partial charge in [-0.3, -0.25) is 4.79 Å². The Balaban J connectivity index is 2.14. The van der Waals surface area contributed by atoms with Gasteiger partial charge in [0.05, 0.1) is 7.11 Å². The summed E-state index contributed by atoms with van der Waals surface area (Å²) in [7, 11) is 1.43. The van der Waals surface area contributed by atoms with Gasteiger partial charge in [-0.05, 0) is 25.1 Å². The lowest BCUT2D eigenvalue weighted by Crippen LogP contribution is -2.40. The van der Waals surface area contributed by atoms with Crippen LogP contribution in [0.4, 0.5) is 5.69 Å². The first kappa shape index (κ1) is 11.9. The van der Waals surface area contributed by atoms with Crippen LogP contribution in [0, 0.1) is 0 Å². The Morgan fingerprint density at radius 1 is 1.47 bits per heavy atom. The lowest BCUT2D eigenvalue weighted by Gasteiger charge is -2.29. The van der Waals surface area contributed by atoms with Gasteiger partial charge in [0.15, 0.2) is 0 Å². The number of hydrogen-bond acceptors (Lipinski definition) is 4. The second kappa shape index (κ2) is 5.68. The molecule has 2 rings (SSSR count). The molecule has 1 aliphatic heterocycles. The minimum absolute atomic E-state index is 0.194. The van der Waals surface area contributed by atoms with Gasteiger partial charge in [0.2, 0.25) is 0 Å². The second-order valence-electron chi connectivity index (χ2n) is 4.19. The average Bonchev–Trinajstić information content (AvgIpc) is 2.90. The Labute approximate surface area is 102 Å². The Morgan fingerprint density at radius 2 is 2.24 bits per heavy atom. The summed E-state index contributed by atoms with van der Waals surface area (Å²) < 4.78 is 4.76. The molecule has 1 atom stereocenters. The maximum Gasteiger partial charge on any atom is 0.325 e. The second-order valence-corrected chi connectivity index (χ2v) is 4.19. The standard InChI is InChI=1S/C13H18N2O2/c1-17-13(16)10-15(12-7-8-14-9-12)11-5-3-2-4-6-11/h2-6,12,14H,7-10H2,1H3. The van der Waals surface area contributed by atoms with Crippen LogP contribution in [0.15, 0.2) is 30.3 Å². The van der Waals surface area contributed by atoms with Crippen molar-refractivity contribution >= 4 is 11.7 Å². The fourth-order valence-electron chi connectivity index (χ4n) is 2.16. The fourth-order valence-corrected chi connectivity index (χ4v) is 2.16. The highest BCUT2D eigenvalue weighted by Gasteiger charge is 2.24. The predicted octanol–water partition coefficient (Wildman–Crippen LogP) is 1.03. The minimum Gasteiger partial charge on any atom is -0.468 e. The molecular weight excluding hydrogens is 216 g/mol. The molecule has 0 saturated carbocycles. The summed E-state index contributed by atoms with van der Waals surface area (Å²) in [5, 5.41) is 3.32. The number of nitrogens with one attached hydrogen (secondary N) is 1. The van der Waals surface area contributed by atoms with Crippen molar-refractivity contribution in [2.75, 3.05) is 31.6 Å². The Hall–Kier alpha value is -1.55. The normalized spacial score (nSPS) is 19.0. The minimum atomic E-state index is -0.194. The van der Waals surface area contributed by atoms with Crippen molar-refractivity contribution in [1.82, 2.24) is 5.32 Å². The van der Waals surface area contributed by atoms with Gasteiger partial charge in [0, 0.05) is 18.3 Å². The first-order chi connectivity index (χ1) is 8.31. The smallest absolute Gasteiger partial charge is 0.325 e. The van der Waals surface area contributed by atoms with E-state index in [0.717, 1.165) is 25.2 Å². The van der Waals surface area contributed by atoms with Crippen molar-refractivity contribution in [2.24, 2.45) is 0 Å². The molecule has 1 fully saturated rings.